The Kier molecular flexibility index (Phi) is 5.18. The minimum absolute atomic E-state index is 0.132. The summed E-state index contributed by atoms with van der Waals surface area (Å²) >= 11 is 5.87. The van der Waals surface area contributed by atoms with Gasteiger partial charge in [-0.3, -0.25) is 9.59 Å². The molecule has 2 aromatic carbocycles. The Morgan fingerprint density at radius 3 is 2.46 bits per heavy atom. The molecule has 6 heteroatoms. The number of nitrogens with one attached hydrogen (secondary N) is 1. The van der Waals surface area contributed by atoms with E-state index in [2.05, 4.69) is 5.32 Å². The monoisotopic (exact) mass is 372 g/mol. The van der Waals surface area contributed by atoms with Gasteiger partial charge in [0, 0.05) is 17.5 Å². The van der Waals surface area contributed by atoms with Gasteiger partial charge in [-0.05, 0) is 49.2 Å². The molecule has 0 spiro atoms. The number of nitrogens with zero attached hydrogens (tertiary/aromatic N) is 1. The lowest BCUT2D eigenvalue weighted by molar-refractivity contribution is -0.126. The Morgan fingerprint density at radius 1 is 1.15 bits per heavy atom. The first-order chi connectivity index (χ1) is 12.4. The van der Waals surface area contributed by atoms with Gasteiger partial charge in [0.1, 0.15) is 18.4 Å². The maximum atomic E-state index is 12.9. The Bertz CT molecular complexity index is 849. The van der Waals surface area contributed by atoms with Crippen LogP contribution in [-0.4, -0.2) is 25.0 Å². The maximum Gasteiger partial charge on any atom is 0.254 e. The molecule has 0 bridgehead atoms. The third-order valence-electron chi connectivity index (χ3n) is 4.45. The summed E-state index contributed by atoms with van der Waals surface area (Å²) in [7, 11) is 0. The van der Waals surface area contributed by atoms with Crippen LogP contribution in [0.3, 0.4) is 0 Å². The highest BCUT2D eigenvalue weighted by Gasteiger charge is 2.39. The number of hydrogen-bond acceptors (Lipinski definition) is 3. The summed E-state index contributed by atoms with van der Waals surface area (Å²) in [6, 6.07) is 10.4. The molecule has 0 saturated heterocycles. The lowest BCUT2D eigenvalue weighted by Gasteiger charge is -2.20. The second-order valence-corrected chi connectivity index (χ2v) is 6.82. The van der Waals surface area contributed by atoms with Gasteiger partial charge in [-0.2, -0.15) is 0 Å². The molecule has 1 heterocycles. The Labute approximate surface area is 157 Å². The van der Waals surface area contributed by atoms with E-state index in [-0.39, 0.29) is 11.8 Å². The standard InChI is InChI=1S/C20H21ClN2O3/c1-12-4-5-13(2)19-17(12)18(22-14(3)24)20(25)23(19)10-11-26-16-8-6-15(21)7-9-16/h4-9,18H,10-11H2,1-3H3,(H,22,24)/t18-/m1/s1. The van der Waals surface area contributed by atoms with Crippen molar-refractivity contribution in [2.24, 2.45) is 0 Å². The average Bonchev–Trinajstić information content (AvgIpc) is 2.86. The molecule has 0 fully saturated rings. The number of anilines is 1. The van der Waals surface area contributed by atoms with Crippen LogP contribution in [-0.2, 0) is 9.59 Å². The zero-order valence-electron chi connectivity index (χ0n) is 15.0. The predicted molar refractivity (Wildman–Crippen MR) is 102 cm³/mol. The largest absolute Gasteiger partial charge is 0.492 e. The van der Waals surface area contributed by atoms with E-state index < -0.39 is 6.04 Å². The van der Waals surface area contributed by atoms with Crippen molar-refractivity contribution in [2.75, 3.05) is 18.1 Å². The van der Waals surface area contributed by atoms with Crippen molar-refractivity contribution in [3.05, 3.63) is 58.1 Å². The number of amides is 2. The van der Waals surface area contributed by atoms with E-state index in [1.54, 1.807) is 29.2 Å². The summed E-state index contributed by atoms with van der Waals surface area (Å²) < 4.78 is 5.73. The second-order valence-electron chi connectivity index (χ2n) is 6.39. The Balaban J connectivity index is 1.81. The quantitative estimate of drug-likeness (QED) is 0.873. The summed E-state index contributed by atoms with van der Waals surface area (Å²) in [6.07, 6.45) is 0. The molecule has 0 unspecified atom stereocenters. The predicted octanol–water partition coefficient (Wildman–Crippen LogP) is 3.56. The van der Waals surface area contributed by atoms with E-state index in [9.17, 15) is 9.59 Å². The third-order valence-corrected chi connectivity index (χ3v) is 4.71. The van der Waals surface area contributed by atoms with Crippen molar-refractivity contribution >= 4 is 29.1 Å². The number of halogens is 1. The molecule has 0 radical (unpaired) electrons. The fourth-order valence-corrected chi connectivity index (χ4v) is 3.40. The van der Waals surface area contributed by atoms with Crippen LogP contribution >= 0.6 is 11.6 Å². The number of fused-ring (bicyclic) bond motifs is 1. The summed E-state index contributed by atoms with van der Waals surface area (Å²) in [5.41, 5.74) is 3.72. The normalized spacial score (nSPS) is 15.8. The lowest BCUT2D eigenvalue weighted by Crippen LogP contribution is -2.38. The Hall–Kier alpha value is -2.53. The minimum atomic E-state index is -0.641. The number of carbonyl (C=O) groups excluding carboxylic acids is 2. The molecule has 0 saturated carbocycles. The molecule has 1 atom stereocenters. The number of ether oxygens (including phenoxy) is 1. The van der Waals surface area contributed by atoms with E-state index in [0.29, 0.717) is 23.9 Å². The van der Waals surface area contributed by atoms with Crippen molar-refractivity contribution in [3.63, 3.8) is 0 Å². The van der Waals surface area contributed by atoms with Gasteiger partial charge in [0.05, 0.1) is 12.2 Å². The molecule has 2 amide bonds. The summed E-state index contributed by atoms with van der Waals surface area (Å²) in [5, 5.41) is 3.42. The summed E-state index contributed by atoms with van der Waals surface area (Å²) in [5.74, 6) is 0.336. The van der Waals surface area contributed by atoms with Gasteiger partial charge in [0.25, 0.3) is 5.91 Å². The molecular formula is C20H21ClN2O3. The van der Waals surface area contributed by atoms with Crippen molar-refractivity contribution in [1.82, 2.24) is 5.32 Å². The number of hydrogen-bond donors (Lipinski definition) is 1. The molecule has 1 N–H and O–H groups in total. The second kappa shape index (κ2) is 7.38. The maximum absolute atomic E-state index is 12.9. The van der Waals surface area contributed by atoms with Crippen LogP contribution in [0.4, 0.5) is 5.69 Å². The molecule has 3 rings (SSSR count). The van der Waals surface area contributed by atoms with Gasteiger partial charge in [-0.1, -0.05) is 23.7 Å². The number of aryl methyl sites for hydroxylation is 2. The summed E-state index contributed by atoms with van der Waals surface area (Å²) in [6.45, 7) is 6.08. The third kappa shape index (κ3) is 3.53. The van der Waals surface area contributed by atoms with Crippen LogP contribution in [0, 0.1) is 13.8 Å². The topological polar surface area (TPSA) is 58.6 Å². The van der Waals surface area contributed by atoms with Gasteiger partial charge >= 0.3 is 0 Å². The van der Waals surface area contributed by atoms with Crippen LogP contribution in [0.1, 0.15) is 29.7 Å². The first kappa shape index (κ1) is 18.3. The molecule has 26 heavy (non-hydrogen) atoms. The van der Waals surface area contributed by atoms with Crippen molar-refractivity contribution in [2.45, 2.75) is 26.8 Å². The highest BCUT2D eigenvalue weighted by Crippen LogP contribution is 2.40. The zero-order chi connectivity index (χ0) is 18.8. The molecule has 0 aromatic heterocycles. The Morgan fingerprint density at radius 2 is 1.81 bits per heavy atom. The smallest absolute Gasteiger partial charge is 0.254 e. The van der Waals surface area contributed by atoms with Gasteiger partial charge in [0.15, 0.2) is 0 Å². The van der Waals surface area contributed by atoms with Crippen molar-refractivity contribution in [3.8, 4) is 5.75 Å². The van der Waals surface area contributed by atoms with E-state index in [1.807, 2.05) is 26.0 Å². The first-order valence-corrected chi connectivity index (χ1v) is 8.83. The first-order valence-electron chi connectivity index (χ1n) is 8.45. The summed E-state index contributed by atoms with van der Waals surface area (Å²) in [4.78, 5) is 26.2. The molecule has 0 aliphatic carbocycles. The van der Waals surface area contributed by atoms with E-state index in [4.69, 9.17) is 16.3 Å². The minimum Gasteiger partial charge on any atom is -0.492 e. The van der Waals surface area contributed by atoms with E-state index in [1.165, 1.54) is 6.92 Å². The van der Waals surface area contributed by atoms with Gasteiger partial charge < -0.3 is 15.0 Å². The van der Waals surface area contributed by atoms with Gasteiger partial charge in [-0.25, -0.2) is 0 Å². The SMILES string of the molecule is CC(=O)N[C@H]1C(=O)N(CCOc2ccc(Cl)cc2)c2c(C)ccc(C)c21. The molecule has 1 aliphatic heterocycles. The van der Waals surface area contributed by atoms with E-state index >= 15 is 0 Å². The lowest BCUT2D eigenvalue weighted by atomic mass is 9.99. The molecule has 1 aliphatic rings. The fraction of sp³-hybridized carbons (Fsp3) is 0.300. The average molecular weight is 373 g/mol. The van der Waals surface area contributed by atoms with Crippen LogP contribution in [0.5, 0.6) is 5.75 Å². The van der Waals surface area contributed by atoms with Gasteiger partial charge in [0.2, 0.25) is 5.91 Å². The molecule has 136 valence electrons. The van der Waals surface area contributed by atoms with Gasteiger partial charge in [-0.15, -0.1) is 0 Å². The highest BCUT2D eigenvalue weighted by atomic mass is 35.5. The molecule has 2 aromatic rings. The van der Waals surface area contributed by atoms with Crippen LogP contribution < -0.4 is 15.0 Å². The molecular weight excluding hydrogens is 352 g/mol. The van der Waals surface area contributed by atoms with Crippen LogP contribution in [0.2, 0.25) is 5.02 Å². The van der Waals surface area contributed by atoms with E-state index in [0.717, 1.165) is 22.4 Å². The molecule has 5 nitrogen and oxygen atoms in total. The van der Waals surface area contributed by atoms with Crippen molar-refractivity contribution < 1.29 is 14.3 Å². The zero-order valence-corrected chi connectivity index (χ0v) is 15.8. The van der Waals surface area contributed by atoms with Crippen LogP contribution in [0.25, 0.3) is 0 Å². The van der Waals surface area contributed by atoms with Crippen LogP contribution in [0.15, 0.2) is 36.4 Å². The fourth-order valence-electron chi connectivity index (χ4n) is 3.27. The number of benzene rings is 2. The number of carbonyl (C=O) groups is 2. The van der Waals surface area contributed by atoms with Crippen molar-refractivity contribution in [1.29, 1.82) is 0 Å². The number of rotatable bonds is 5. The highest BCUT2D eigenvalue weighted by molar-refractivity contribution is 6.30.